The third-order valence-electron chi connectivity index (χ3n) is 7.82. The molecule has 0 aromatic heterocycles. The van der Waals surface area contributed by atoms with Crippen molar-refractivity contribution in [2.75, 3.05) is 6.61 Å². The van der Waals surface area contributed by atoms with Crippen LogP contribution in [0.1, 0.15) is 60.8 Å². The fourth-order valence-corrected chi connectivity index (χ4v) is 6.33. The highest BCUT2D eigenvalue weighted by Crippen LogP contribution is 2.50. The van der Waals surface area contributed by atoms with Crippen LogP contribution in [0, 0.1) is 17.8 Å². The van der Waals surface area contributed by atoms with Crippen LogP contribution in [0.4, 0.5) is 0 Å². The molecule has 5 heteroatoms. The molecule has 2 rings (SSSR count). The van der Waals surface area contributed by atoms with E-state index in [0.29, 0.717) is 23.5 Å². The lowest BCUT2D eigenvalue weighted by molar-refractivity contribution is -0.118. The molecule has 0 saturated heterocycles. The van der Waals surface area contributed by atoms with Gasteiger partial charge in [0.1, 0.15) is 5.78 Å². The number of Topliss-reactive ketones (excluding diaryl/α,β-unsaturated/α-hetero) is 1. The van der Waals surface area contributed by atoms with E-state index in [-0.39, 0.29) is 16.2 Å². The lowest BCUT2D eigenvalue weighted by Gasteiger charge is -2.42. The standard InChI is InChI=1S/C21H42O3Si2/c1-20(2,3)25(7,8)23-14-18-17-13-16(22)11-15(17)12-19(18)24-26(9,10)21(4,5)6/h15,17-19H,11-14H2,1-10H3/t15-,17-,18+,19+/m0/s1. The zero-order valence-corrected chi connectivity index (χ0v) is 20.9. The molecule has 0 aromatic rings. The Labute approximate surface area is 163 Å². The van der Waals surface area contributed by atoms with Gasteiger partial charge in [-0.2, -0.15) is 0 Å². The van der Waals surface area contributed by atoms with Crippen molar-refractivity contribution in [2.45, 2.75) is 103 Å². The monoisotopic (exact) mass is 398 g/mol. The average molecular weight is 399 g/mol. The Morgan fingerprint density at radius 2 is 1.46 bits per heavy atom. The molecule has 0 heterocycles. The number of carbonyl (C=O) groups is 1. The highest BCUT2D eigenvalue weighted by atomic mass is 28.4. The Kier molecular flexibility index (Phi) is 6.11. The van der Waals surface area contributed by atoms with Gasteiger partial charge in [-0.15, -0.1) is 0 Å². The molecule has 26 heavy (non-hydrogen) atoms. The number of rotatable bonds is 5. The van der Waals surface area contributed by atoms with Crippen molar-refractivity contribution in [3.8, 4) is 0 Å². The van der Waals surface area contributed by atoms with E-state index in [2.05, 4.69) is 67.7 Å². The van der Waals surface area contributed by atoms with Crippen LogP contribution in [0.15, 0.2) is 0 Å². The molecule has 2 fully saturated rings. The molecular weight excluding hydrogens is 356 g/mol. The zero-order chi connectivity index (χ0) is 20.1. The van der Waals surface area contributed by atoms with Gasteiger partial charge < -0.3 is 8.85 Å². The number of fused-ring (bicyclic) bond motifs is 1. The summed E-state index contributed by atoms with van der Waals surface area (Å²) < 4.78 is 13.5. The summed E-state index contributed by atoms with van der Waals surface area (Å²) in [5.74, 6) is 1.82. The van der Waals surface area contributed by atoms with Crippen molar-refractivity contribution in [1.82, 2.24) is 0 Å². The molecule has 2 saturated carbocycles. The first-order valence-electron chi connectivity index (χ1n) is 10.4. The molecule has 0 bridgehead atoms. The van der Waals surface area contributed by atoms with E-state index in [4.69, 9.17) is 8.85 Å². The summed E-state index contributed by atoms with van der Waals surface area (Å²) in [6, 6.07) is 0. The van der Waals surface area contributed by atoms with Crippen LogP contribution in [0.25, 0.3) is 0 Å². The molecule has 4 atom stereocenters. The topological polar surface area (TPSA) is 35.5 Å². The normalized spacial score (nSPS) is 30.8. The Morgan fingerprint density at radius 3 is 1.96 bits per heavy atom. The fraction of sp³-hybridized carbons (Fsp3) is 0.952. The summed E-state index contributed by atoms with van der Waals surface area (Å²) in [7, 11) is -3.60. The molecule has 2 aliphatic rings. The summed E-state index contributed by atoms with van der Waals surface area (Å²) in [5.41, 5.74) is 0. The third-order valence-corrected chi connectivity index (χ3v) is 16.8. The fourth-order valence-electron chi connectivity index (χ4n) is 3.91. The molecule has 0 radical (unpaired) electrons. The highest BCUT2D eigenvalue weighted by molar-refractivity contribution is 6.74. The summed E-state index contributed by atoms with van der Waals surface area (Å²) in [5, 5.41) is 0.428. The lowest BCUT2D eigenvalue weighted by Crippen LogP contribution is -2.47. The largest absolute Gasteiger partial charge is 0.416 e. The molecule has 0 aliphatic heterocycles. The van der Waals surface area contributed by atoms with E-state index >= 15 is 0 Å². The van der Waals surface area contributed by atoms with Gasteiger partial charge in [0.2, 0.25) is 0 Å². The molecule has 0 unspecified atom stereocenters. The van der Waals surface area contributed by atoms with E-state index in [1.807, 2.05) is 0 Å². The van der Waals surface area contributed by atoms with Crippen LogP contribution in [0.5, 0.6) is 0 Å². The van der Waals surface area contributed by atoms with Crippen LogP contribution in [-0.2, 0) is 13.6 Å². The van der Waals surface area contributed by atoms with E-state index in [1.54, 1.807) is 0 Å². The second-order valence-electron chi connectivity index (χ2n) is 11.8. The number of hydrogen-bond acceptors (Lipinski definition) is 3. The molecule has 2 aliphatic carbocycles. The van der Waals surface area contributed by atoms with Gasteiger partial charge in [-0.1, -0.05) is 41.5 Å². The minimum Gasteiger partial charge on any atom is -0.416 e. The summed E-state index contributed by atoms with van der Waals surface area (Å²) in [6.07, 6.45) is 2.82. The Morgan fingerprint density at radius 1 is 0.923 bits per heavy atom. The van der Waals surface area contributed by atoms with Crippen molar-refractivity contribution in [1.29, 1.82) is 0 Å². The minimum absolute atomic E-state index is 0.214. The molecule has 0 amide bonds. The van der Waals surface area contributed by atoms with Crippen molar-refractivity contribution < 1.29 is 13.6 Å². The molecular formula is C21H42O3Si2. The minimum atomic E-state index is -1.82. The first kappa shape index (κ1) is 22.3. The summed E-state index contributed by atoms with van der Waals surface area (Å²) >= 11 is 0. The van der Waals surface area contributed by atoms with Gasteiger partial charge in [0.05, 0.1) is 6.10 Å². The molecule has 0 N–H and O–H groups in total. The first-order valence-corrected chi connectivity index (χ1v) is 16.2. The van der Waals surface area contributed by atoms with Crippen LogP contribution in [0.2, 0.25) is 36.3 Å². The number of carbonyl (C=O) groups excluding carboxylic acids is 1. The molecule has 0 aromatic carbocycles. The van der Waals surface area contributed by atoms with Gasteiger partial charge in [-0.05, 0) is 54.5 Å². The summed E-state index contributed by atoms with van der Waals surface area (Å²) in [4.78, 5) is 12.0. The van der Waals surface area contributed by atoms with Crippen LogP contribution in [0.3, 0.4) is 0 Å². The number of ketones is 1. The van der Waals surface area contributed by atoms with Gasteiger partial charge >= 0.3 is 0 Å². The van der Waals surface area contributed by atoms with Crippen molar-refractivity contribution in [2.24, 2.45) is 17.8 Å². The zero-order valence-electron chi connectivity index (χ0n) is 18.9. The molecule has 3 nitrogen and oxygen atoms in total. The third kappa shape index (κ3) is 4.53. The van der Waals surface area contributed by atoms with Gasteiger partial charge in [-0.3, -0.25) is 4.79 Å². The smallest absolute Gasteiger partial charge is 0.192 e. The predicted molar refractivity (Wildman–Crippen MR) is 115 cm³/mol. The van der Waals surface area contributed by atoms with Gasteiger partial charge in [0.15, 0.2) is 16.6 Å². The van der Waals surface area contributed by atoms with Gasteiger partial charge in [-0.25, -0.2) is 0 Å². The number of hydrogen-bond donors (Lipinski definition) is 0. The summed E-state index contributed by atoms with van der Waals surface area (Å²) in [6.45, 7) is 23.9. The first-order chi connectivity index (χ1) is 11.6. The maximum atomic E-state index is 12.0. The Hall–Kier alpha value is 0.0238. The van der Waals surface area contributed by atoms with Crippen LogP contribution in [-0.4, -0.2) is 35.1 Å². The van der Waals surface area contributed by atoms with Crippen LogP contribution >= 0.6 is 0 Å². The van der Waals surface area contributed by atoms with E-state index in [1.165, 1.54) is 0 Å². The van der Waals surface area contributed by atoms with Gasteiger partial charge in [0, 0.05) is 25.4 Å². The second kappa shape index (κ2) is 7.12. The van der Waals surface area contributed by atoms with Crippen molar-refractivity contribution >= 4 is 22.4 Å². The quantitative estimate of drug-likeness (QED) is 0.532. The Bertz CT molecular complexity index is 528. The van der Waals surface area contributed by atoms with E-state index < -0.39 is 16.6 Å². The average Bonchev–Trinajstić information content (AvgIpc) is 2.89. The maximum absolute atomic E-state index is 12.0. The lowest BCUT2D eigenvalue weighted by atomic mass is 9.92. The van der Waals surface area contributed by atoms with Gasteiger partial charge in [0.25, 0.3) is 0 Å². The SMILES string of the molecule is CC(C)(C)[Si](C)(C)OC[C@@H]1[C@H]2CC(=O)C[C@H]2C[C@H]1O[Si](C)(C)C(C)(C)C. The van der Waals surface area contributed by atoms with Crippen molar-refractivity contribution in [3.05, 3.63) is 0 Å². The predicted octanol–water partition coefficient (Wildman–Crippen LogP) is 6.01. The van der Waals surface area contributed by atoms with Crippen molar-refractivity contribution in [3.63, 3.8) is 0 Å². The Balaban J connectivity index is 2.16. The highest BCUT2D eigenvalue weighted by Gasteiger charge is 2.52. The maximum Gasteiger partial charge on any atom is 0.192 e. The van der Waals surface area contributed by atoms with E-state index in [9.17, 15) is 4.79 Å². The second-order valence-corrected chi connectivity index (χ2v) is 21.3. The molecule has 152 valence electrons. The van der Waals surface area contributed by atoms with E-state index in [0.717, 1.165) is 25.9 Å². The molecule has 0 spiro atoms. The van der Waals surface area contributed by atoms with Crippen LogP contribution < -0.4 is 0 Å².